The molecule has 27 heavy (non-hydrogen) atoms. The number of aromatic amines is 1. The van der Waals surface area contributed by atoms with E-state index in [1.807, 2.05) is 0 Å². The molecular formula is C17H12F3N3O4. The normalized spacial score (nSPS) is 11.2. The third-order valence-electron chi connectivity index (χ3n) is 3.38. The fourth-order valence-corrected chi connectivity index (χ4v) is 2.30. The lowest BCUT2D eigenvalue weighted by molar-refractivity contribution is -0.274. The zero-order chi connectivity index (χ0) is 19.4. The summed E-state index contributed by atoms with van der Waals surface area (Å²) in [7, 11) is 0. The van der Waals surface area contributed by atoms with Gasteiger partial charge < -0.3 is 10.1 Å². The van der Waals surface area contributed by atoms with Crippen molar-refractivity contribution in [3.05, 3.63) is 64.6 Å². The lowest BCUT2D eigenvalue weighted by Crippen LogP contribution is -2.17. The summed E-state index contributed by atoms with van der Waals surface area (Å²) in [6.45, 7) is 0. The van der Waals surface area contributed by atoms with Crippen LogP contribution in [0.3, 0.4) is 0 Å². The van der Waals surface area contributed by atoms with E-state index in [1.54, 1.807) is 24.3 Å². The molecule has 0 radical (unpaired) electrons. The monoisotopic (exact) mass is 379 g/mol. The van der Waals surface area contributed by atoms with Gasteiger partial charge in [0.15, 0.2) is 5.82 Å². The topological polar surface area (TPSA) is 97.2 Å². The van der Waals surface area contributed by atoms with Gasteiger partial charge in [-0.2, -0.15) is 0 Å². The number of nitrogens with zero attached hydrogens (tertiary/aromatic N) is 1. The van der Waals surface area contributed by atoms with E-state index in [1.165, 1.54) is 12.1 Å². The maximum atomic E-state index is 12.1. The van der Waals surface area contributed by atoms with Crippen LogP contribution in [0.15, 0.2) is 57.8 Å². The minimum absolute atomic E-state index is 0.0443. The summed E-state index contributed by atoms with van der Waals surface area (Å²) in [5, 5.41) is 6.22. The highest BCUT2D eigenvalue weighted by atomic mass is 19.4. The Bertz CT molecular complexity index is 993. The van der Waals surface area contributed by atoms with Crippen LogP contribution in [0.5, 0.6) is 5.75 Å². The molecular weight excluding hydrogens is 367 g/mol. The molecule has 0 spiro atoms. The summed E-state index contributed by atoms with van der Waals surface area (Å²) in [6.07, 6.45) is -4.81. The Morgan fingerprint density at radius 2 is 1.93 bits per heavy atom. The first-order valence-electron chi connectivity index (χ1n) is 7.59. The number of carbonyl (C=O) groups is 1. The van der Waals surface area contributed by atoms with Crippen molar-refractivity contribution >= 4 is 11.6 Å². The van der Waals surface area contributed by atoms with E-state index in [0.717, 1.165) is 12.1 Å². The number of hydrogen-bond donors (Lipinski definition) is 2. The average Bonchev–Trinajstić information content (AvgIpc) is 3.02. The molecule has 0 aliphatic heterocycles. The number of ether oxygens (including phenoxy) is 1. The van der Waals surface area contributed by atoms with Gasteiger partial charge in [0.1, 0.15) is 5.75 Å². The molecule has 1 aromatic heterocycles. The van der Waals surface area contributed by atoms with E-state index in [2.05, 4.69) is 24.7 Å². The van der Waals surface area contributed by atoms with E-state index in [4.69, 9.17) is 0 Å². The van der Waals surface area contributed by atoms with Gasteiger partial charge in [-0.1, -0.05) is 29.4 Å². The van der Waals surface area contributed by atoms with Crippen LogP contribution in [-0.4, -0.2) is 22.4 Å². The molecule has 0 bridgehead atoms. The summed E-state index contributed by atoms with van der Waals surface area (Å²) < 4.78 is 44.6. The minimum atomic E-state index is -4.77. The highest BCUT2D eigenvalue weighted by Crippen LogP contribution is 2.23. The maximum Gasteiger partial charge on any atom is 0.573 e. The highest BCUT2D eigenvalue weighted by molar-refractivity contribution is 5.92. The predicted molar refractivity (Wildman–Crippen MR) is 88.0 cm³/mol. The van der Waals surface area contributed by atoms with Crippen LogP contribution >= 0.6 is 0 Å². The maximum absolute atomic E-state index is 12.1. The number of anilines is 1. The molecule has 1 heterocycles. The third-order valence-corrected chi connectivity index (χ3v) is 3.38. The Morgan fingerprint density at radius 3 is 2.56 bits per heavy atom. The first-order valence-corrected chi connectivity index (χ1v) is 7.59. The smallest absolute Gasteiger partial charge is 0.406 e. The van der Waals surface area contributed by atoms with E-state index in [-0.39, 0.29) is 23.9 Å². The van der Waals surface area contributed by atoms with Crippen LogP contribution < -0.4 is 15.8 Å². The number of carbonyl (C=O) groups excluding carboxylic acids is 1. The third kappa shape index (κ3) is 5.21. The number of nitrogens with one attached hydrogen (secondary N) is 2. The van der Waals surface area contributed by atoms with Gasteiger partial charge in [0.2, 0.25) is 5.91 Å². The van der Waals surface area contributed by atoms with Crippen molar-refractivity contribution in [3.8, 4) is 17.1 Å². The average molecular weight is 379 g/mol. The fourth-order valence-electron chi connectivity index (χ4n) is 2.30. The Balaban J connectivity index is 1.63. The summed E-state index contributed by atoms with van der Waals surface area (Å²) in [6, 6.07) is 11.6. The Morgan fingerprint density at radius 1 is 1.19 bits per heavy atom. The highest BCUT2D eigenvalue weighted by Gasteiger charge is 2.30. The minimum Gasteiger partial charge on any atom is -0.406 e. The van der Waals surface area contributed by atoms with E-state index in [9.17, 15) is 22.8 Å². The molecule has 2 aromatic carbocycles. The van der Waals surface area contributed by atoms with Crippen LogP contribution in [0.4, 0.5) is 18.9 Å². The van der Waals surface area contributed by atoms with Crippen molar-refractivity contribution in [2.45, 2.75) is 12.8 Å². The molecule has 3 aromatic rings. The molecule has 140 valence electrons. The summed E-state index contributed by atoms with van der Waals surface area (Å²) in [5.74, 6) is -1.21. The van der Waals surface area contributed by atoms with Crippen molar-refractivity contribution in [1.29, 1.82) is 0 Å². The second kappa shape index (κ2) is 7.36. The molecule has 10 heteroatoms. The zero-order valence-corrected chi connectivity index (χ0v) is 13.5. The largest absolute Gasteiger partial charge is 0.573 e. The molecule has 0 aliphatic rings. The number of H-pyrrole nitrogens is 1. The van der Waals surface area contributed by atoms with Crippen LogP contribution in [0.25, 0.3) is 11.4 Å². The Hall–Kier alpha value is -3.56. The number of amides is 1. The standard InChI is InChI=1S/C17H12F3N3O4/c18-17(19,20)26-13-6-4-10(5-7-13)8-14(24)21-12-3-1-2-11(9-12)15-22-16(25)27-23-15/h1-7,9H,8H2,(H,21,24)(H,22,23,25). The lowest BCUT2D eigenvalue weighted by atomic mass is 10.1. The van der Waals surface area contributed by atoms with Crippen LogP contribution in [0.2, 0.25) is 0 Å². The van der Waals surface area contributed by atoms with Crippen LogP contribution in [0, 0.1) is 0 Å². The van der Waals surface area contributed by atoms with Gasteiger partial charge in [0.05, 0.1) is 6.42 Å². The number of halogens is 3. The van der Waals surface area contributed by atoms with Crippen LogP contribution in [0.1, 0.15) is 5.56 Å². The molecule has 3 rings (SSSR count). The molecule has 1 amide bonds. The first kappa shape index (κ1) is 18.2. The van der Waals surface area contributed by atoms with Gasteiger partial charge >= 0.3 is 12.1 Å². The summed E-state index contributed by atoms with van der Waals surface area (Å²) >= 11 is 0. The molecule has 7 nitrogen and oxygen atoms in total. The second-order valence-electron chi connectivity index (χ2n) is 5.44. The van der Waals surface area contributed by atoms with Gasteiger partial charge in [0, 0.05) is 11.3 Å². The molecule has 0 atom stereocenters. The summed E-state index contributed by atoms with van der Waals surface area (Å²) in [5.41, 5.74) is 1.50. The number of alkyl halides is 3. The molecule has 2 N–H and O–H groups in total. The number of rotatable bonds is 5. The SMILES string of the molecule is O=C(Cc1ccc(OC(F)(F)F)cc1)Nc1cccc(-c2noc(=O)[nH]2)c1. The molecule has 0 aliphatic carbocycles. The summed E-state index contributed by atoms with van der Waals surface area (Å²) in [4.78, 5) is 25.5. The Kier molecular flexibility index (Phi) is 4.97. The van der Waals surface area contributed by atoms with Gasteiger partial charge in [-0.15, -0.1) is 13.2 Å². The molecule has 0 unspecified atom stereocenters. The quantitative estimate of drug-likeness (QED) is 0.710. The molecule has 0 saturated carbocycles. The van der Waals surface area contributed by atoms with Gasteiger partial charge in [-0.05, 0) is 29.8 Å². The van der Waals surface area contributed by atoms with Crippen molar-refractivity contribution in [2.24, 2.45) is 0 Å². The van der Waals surface area contributed by atoms with Gasteiger partial charge in [-0.25, -0.2) is 4.79 Å². The van der Waals surface area contributed by atoms with Crippen molar-refractivity contribution in [1.82, 2.24) is 10.1 Å². The van der Waals surface area contributed by atoms with Crippen LogP contribution in [-0.2, 0) is 11.2 Å². The van der Waals surface area contributed by atoms with Crippen molar-refractivity contribution < 1.29 is 27.2 Å². The zero-order valence-electron chi connectivity index (χ0n) is 13.5. The van der Waals surface area contributed by atoms with E-state index >= 15 is 0 Å². The van der Waals surface area contributed by atoms with Crippen molar-refractivity contribution in [3.63, 3.8) is 0 Å². The fraction of sp³-hybridized carbons (Fsp3) is 0.118. The second-order valence-corrected chi connectivity index (χ2v) is 5.44. The number of aromatic nitrogens is 2. The number of hydrogen-bond acceptors (Lipinski definition) is 5. The first-order chi connectivity index (χ1) is 12.8. The van der Waals surface area contributed by atoms with Gasteiger partial charge in [0.25, 0.3) is 0 Å². The molecule has 0 saturated heterocycles. The predicted octanol–water partition coefficient (Wildman–Crippen LogP) is 3.11. The Labute approximate surface area is 149 Å². The molecule has 0 fully saturated rings. The van der Waals surface area contributed by atoms with Gasteiger partial charge in [-0.3, -0.25) is 14.3 Å². The van der Waals surface area contributed by atoms with E-state index in [0.29, 0.717) is 16.8 Å². The van der Waals surface area contributed by atoms with Crippen molar-refractivity contribution in [2.75, 3.05) is 5.32 Å². The van der Waals surface area contributed by atoms with E-state index < -0.39 is 12.1 Å². The number of benzene rings is 2. The lowest BCUT2D eigenvalue weighted by Gasteiger charge is -2.09.